The van der Waals surface area contributed by atoms with Gasteiger partial charge in [0.25, 0.3) is 11.8 Å². The minimum atomic E-state index is -0.768. The molecule has 3 aromatic carbocycles. The molecule has 0 aliphatic carbocycles. The summed E-state index contributed by atoms with van der Waals surface area (Å²) in [6.07, 6.45) is -0.0857. The van der Waals surface area contributed by atoms with Gasteiger partial charge in [-0.25, -0.2) is 4.39 Å². The van der Waals surface area contributed by atoms with Crippen molar-refractivity contribution in [2.45, 2.75) is 45.1 Å². The lowest BCUT2D eigenvalue weighted by Gasteiger charge is -2.30. The third-order valence-electron chi connectivity index (χ3n) is 6.96. The summed E-state index contributed by atoms with van der Waals surface area (Å²) in [6.45, 7) is 3.58. The monoisotopic (exact) mass is 503 g/mol. The molecule has 8 heteroatoms. The van der Waals surface area contributed by atoms with Gasteiger partial charge in [0.2, 0.25) is 0 Å². The summed E-state index contributed by atoms with van der Waals surface area (Å²) in [5.41, 5.74) is 4.78. The van der Waals surface area contributed by atoms with Crippen molar-refractivity contribution in [2.24, 2.45) is 0 Å². The number of carbonyl (C=O) groups excluding carboxylic acids is 2. The lowest BCUT2D eigenvalue weighted by Crippen LogP contribution is -2.49. The molecule has 0 radical (unpaired) electrons. The van der Waals surface area contributed by atoms with E-state index in [9.17, 15) is 19.1 Å². The fraction of sp³-hybridized carbons (Fsp3) is 0.310. The molecule has 0 aromatic heterocycles. The summed E-state index contributed by atoms with van der Waals surface area (Å²) in [5.74, 6) is -0.529. The lowest BCUT2D eigenvalue weighted by molar-refractivity contribution is 0.0766. The Morgan fingerprint density at radius 3 is 2.68 bits per heavy atom. The molecular weight excluding hydrogens is 473 g/mol. The van der Waals surface area contributed by atoms with Crippen LogP contribution in [-0.2, 0) is 26.1 Å². The largest absolute Gasteiger partial charge is 0.493 e. The molecule has 2 unspecified atom stereocenters. The van der Waals surface area contributed by atoms with Gasteiger partial charge in [0.1, 0.15) is 11.6 Å². The van der Waals surface area contributed by atoms with Crippen LogP contribution < -0.4 is 15.4 Å². The van der Waals surface area contributed by atoms with Crippen LogP contribution in [-0.4, -0.2) is 47.1 Å². The van der Waals surface area contributed by atoms with Crippen LogP contribution in [0.15, 0.2) is 60.7 Å². The molecule has 3 N–H and O–H groups in total. The average molecular weight is 504 g/mol. The summed E-state index contributed by atoms with van der Waals surface area (Å²) in [7, 11) is 0. The third kappa shape index (κ3) is 5.35. The molecule has 2 atom stereocenters. The van der Waals surface area contributed by atoms with Crippen molar-refractivity contribution in [1.29, 1.82) is 0 Å². The number of carbonyl (C=O) groups is 2. The number of nitrogens with one attached hydrogen (secondary N) is 2. The Balaban J connectivity index is 1.27. The maximum absolute atomic E-state index is 13.3. The van der Waals surface area contributed by atoms with Crippen molar-refractivity contribution in [3.8, 4) is 5.75 Å². The summed E-state index contributed by atoms with van der Waals surface area (Å²) >= 11 is 0. The van der Waals surface area contributed by atoms with Crippen molar-refractivity contribution in [2.75, 3.05) is 13.2 Å². The van der Waals surface area contributed by atoms with Gasteiger partial charge >= 0.3 is 0 Å². The van der Waals surface area contributed by atoms with E-state index in [0.717, 1.165) is 11.1 Å². The zero-order valence-electron chi connectivity index (χ0n) is 20.7. The Hall–Kier alpha value is -3.75. The van der Waals surface area contributed by atoms with E-state index in [2.05, 4.69) is 22.8 Å². The van der Waals surface area contributed by atoms with Crippen LogP contribution in [0.25, 0.3) is 0 Å². The van der Waals surface area contributed by atoms with Gasteiger partial charge in [-0.15, -0.1) is 0 Å². The van der Waals surface area contributed by atoms with E-state index < -0.39 is 6.10 Å². The molecule has 7 nitrogen and oxygen atoms in total. The van der Waals surface area contributed by atoms with E-state index >= 15 is 0 Å². The van der Waals surface area contributed by atoms with E-state index in [1.807, 2.05) is 19.1 Å². The van der Waals surface area contributed by atoms with Gasteiger partial charge in [0, 0.05) is 37.8 Å². The number of amides is 2. The van der Waals surface area contributed by atoms with Gasteiger partial charge in [-0.05, 0) is 59.9 Å². The molecule has 0 spiro atoms. The van der Waals surface area contributed by atoms with Crippen LogP contribution in [0.2, 0.25) is 0 Å². The van der Waals surface area contributed by atoms with E-state index in [4.69, 9.17) is 4.74 Å². The predicted octanol–water partition coefficient (Wildman–Crippen LogP) is 3.19. The van der Waals surface area contributed by atoms with Crippen molar-refractivity contribution >= 4 is 11.8 Å². The van der Waals surface area contributed by atoms with E-state index in [1.165, 1.54) is 23.3 Å². The highest BCUT2D eigenvalue weighted by Crippen LogP contribution is 2.31. The molecule has 0 saturated carbocycles. The van der Waals surface area contributed by atoms with Crippen LogP contribution in [0, 0.1) is 5.82 Å². The van der Waals surface area contributed by atoms with Crippen LogP contribution in [0.3, 0.4) is 0 Å². The molecule has 37 heavy (non-hydrogen) atoms. The van der Waals surface area contributed by atoms with Gasteiger partial charge in [-0.1, -0.05) is 36.4 Å². The number of hydrogen-bond acceptors (Lipinski definition) is 5. The smallest absolute Gasteiger partial charge is 0.255 e. The van der Waals surface area contributed by atoms with Gasteiger partial charge in [-0.3, -0.25) is 9.59 Å². The number of ether oxygens (including phenoxy) is 1. The Morgan fingerprint density at radius 2 is 1.92 bits per heavy atom. The highest BCUT2D eigenvalue weighted by atomic mass is 19.1. The zero-order chi connectivity index (χ0) is 25.9. The minimum Gasteiger partial charge on any atom is -0.493 e. The van der Waals surface area contributed by atoms with Crippen molar-refractivity contribution in [3.63, 3.8) is 0 Å². The Labute approximate surface area is 215 Å². The fourth-order valence-corrected chi connectivity index (χ4v) is 4.98. The quantitative estimate of drug-likeness (QED) is 0.439. The van der Waals surface area contributed by atoms with E-state index in [1.54, 1.807) is 29.2 Å². The summed E-state index contributed by atoms with van der Waals surface area (Å²) in [4.78, 5) is 27.9. The second-order valence-corrected chi connectivity index (χ2v) is 9.46. The first-order valence-corrected chi connectivity index (χ1v) is 12.5. The second-order valence-electron chi connectivity index (χ2n) is 9.46. The van der Waals surface area contributed by atoms with Crippen LogP contribution in [0.5, 0.6) is 5.75 Å². The molecule has 192 valence electrons. The molecule has 3 aromatic rings. The van der Waals surface area contributed by atoms with E-state index in [0.29, 0.717) is 49.5 Å². The average Bonchev–Trinajstić information content (AvgIpc) is 3.21. The van der Waals surface area contributed by atoms with Crippen molar-refractivity contribution in [3.05, 3.63) is 99.9 Å². The second kappa shape index (κ2) is 10.7. The van der Waals surface area contributed by atoms with Crippen molar-refractivity contribution in [1.82, 2.24) is 15.5 Å². The maximum Gasteiger partial charge on any atom is 0.255 e. The first-order chi connectivity index (χ1) is 17.9. The molecule has 5 rings (SSSR count). The molecule has 0 bridgehead atoms. The van der Waals surface area contributed by atoms with Gasteiger partial charge in [-0.2, -0.15) is 0 Å². The molecule has 2 amide bonds. The SMILES string of the molecule is CCOc1cc2c(cc1C(=O)NCC(O)C1Cc3ccccc3CN1)CN(Cc1ccc(F)cc1)C2=O. The molecule has 0 fully saturated rings. The first kappa shape index (κ1) is 24.9. The number of rotatable bonds is 8. The van der Waals surface area contributed by atoms with Crippen LogP contribution >= 0.6 is 0 Å². The number of halogens is 1. The third-order valence-corrected chi connectivity index (χ3v) is 6.96. The molecule has 2 heterocycles. The predicted molar refractivity (Wildman–Crippen MR) is 137 cm³/mol. The Bertz CT molecular complexity index is 1310. The normalized spacial score (nSPS) is 17.2. The first-order valence-electron chi connectivity index (χ1n) is 12.5. The topological polar surface area (TPSA) is 90.9 Å². The van der Waals surface area contributed by atoms with Gasteiger partial charge in [0.15, 0.2) is 0 Å². The molecule has 2 aliphatic heterocycles. The van der Waals surface area contributed by atoms with Crippen LogP contribution in [0.1, 0.15) is 49.9 Å². The number of hydrogen-bond donors (Lipinski definition) is 3. The Morgan fingerprint density at radius 1 is 1.16 bits per heavy atom. The number of benzene rings is 3. The fourth-order valence-electron chi connectivity index (χ4n) is 4.98. The molecule has 2 aliphatic rings. The van der Waals surface area contributed by atoms with Gasteiger partial charge < -0.3 is 25.4 Å². The summed E-state index contributed by atoms with van der Waals surface area (Å²) in [5, 5.41) is 16.9. The number of nitrogens with zero attached hydrogens (tertiary/aromatic N) is 1. The maximum atomic E-state index is 13.3. The number of aliphatic hydroxyl groups is 1. The Kier molecular flexibility index (Phi) is 7.21. The number of aliphatic hydroxyl groups excluding tert-OH is 1. The van der Waals surface area contributed by atoms with Crippen LogP contribution in [0.4, 0.5) is 4.39 Å². The van der Waals surface area contributed by atoms with Crippen molar-refractivity contribution < 1.29 is 23.8 Å². The molecular formula is C29H30FN3O4. The number of fused-ring (bicyclic) bond motifs is 2. The van der Waals surface area contributed by atoms with E-state index in [-0.39, 0.29) is 30.2 Å². The zero-order valence-corrected chi connectivity index (χ0v) is 20.7. The lowest BCUT2D eigenvalue weighted by atomic mass is 9.93. The summed E-state index contributed by atoms with van der Waals surface area (Å²) in [6, 6.07) is 17.3. The molecule has 0 saturated heterocycles. The highest BCUT2D eigenvalue weighted by Gasteiger charge is 2.31. The summed E-state index contributed by atoms with van der Waals surface area (Å²) < 4.78 is 19.0. The minimum absolute atomic E-state index is 0.0803. The standard InChI is InChI=1S/C29H30FN3O4/c1-2-37-27-13-23-21(17-33(29(23)36)16-18-7-9-22(30)10-8-18)11-24(27)28(35)32-15-26(34)25-12-19-5-3-4-6-20(19)14-31-25/h3-11,13,25-26,31,34H,2,12,14-17H2,1H3,(H,32,35). The van der Waals surface area contributed by atoms with Gasteiger partial charge in [0.05, 0.1) is 18.3 Å². The highest BCUT2D eigenvalue weighted by molar-refractivity contribution is 6.03.